The van der Waals surface area contributed by atoms with Crippen LogP contribution in [0.1, 0.15) is 36.0 Å². The summed E-state index contributed by atoms with van der Waals surface area (Å²) >= 11 is 6.98. The van der Waals surface area contributed by atoms with Crippen molar-refractivity contribution < 1.29 is 4.79 Å². The van der Waals surface area contributed by atoms with Crippen molar-refractivity contribution >= 4 is 37.8 Å². The molecule has 0 bridgehead atoms. The van der Waals surface area contributed by atoms with E-state index >= 15 is 0 Å². The van der Waals surface area contributed by atoms with Gasteiger partial charge < -0.3 is 5.32 Å². The molecule has 1 aliphatic rings. The van der Waals surface area contributed by atoms with Crippen LogP contribution in [0.15, 0.2) is 28.7 Å². The zero-order valence-corrected chi connectivity index (χ0v) is 12.6. The van der Waals surface area contributed by atoms with Crippen molar-refractivity contribution in [3.05, 3.63) is 34.3 Å². The highest BCUT2D eigenvalue weighted by molar-refractivity contribution is 9.10. The van der Waals surface area contributed by atoms with Crippen LogP contribution in [0, 0.1) is 0 Å². The van der Waals surface area contributed by atoms with Gasteiger partial charge in [0.2, 0.25) is 0 Å². The van der Waals surface area contributed by atoms with E-state index in [1.54, 1.807) is 0 Å². The summed E-state index contributed by atoms with van der Waals surface area (Å²) in [7, 11) is 0. The molecule has 0 aliphatic heterocycles. The van der Waals surface area contributed by atoms with Crippen molar-refractivity contribution in [3.63, 3.8) is 0 Å². The van der Waals surface area contributed by atoms with Gasteiger partial charge >= 0.3 is 0 Å². The molecule has 2 rings (SSSR count). The Balaban J connectivity index is 1.91. The van der Waals surface area contributed by atoms with Crippen LogP contribution in [0.5, 0.6) is 0 Å². The van der Waals surface area contributed by atoms with E-state index in [1.165, 1.54) is 0 Å². The molecule has 0 aromatic heterocycles. The summed E-state index contributed by atoms with van der Waals surface area (Å²) in [5, 5.41) is 3.10. The minimum absolute atomic E-state index is 0.0375. The molecule has 1 fully saturated rings. The van der Waals surface area contributed by atoms with Crippen LogP contribution in [0.3, 0.4) is 0 Å². The lowest BCUT2D eigenvalue weighted by Gasteiger charge is -2.26. The molecule has 1 aromatic rings. The molecule has 0 atom stereocenters. The van der Waals surface area contributed by atoms with Crippen LogP contribution in [0.2, 0.25) is 0 Å². The Morgan fingerprint density at radius 3 is 2.29 bits per heavy atom. The Labute approximate surface area is 118 Å². The topological polar surface area (TPSA) is 29.1 Å². The number of carbonyl (C=O) groups is 1. The number of carbonyl (C=O) groups excluding carboxylic acids is 1. The van der Waals surface area contributed by atoms with Gasteiger partial charge in [0.25, 0.3) is 5.91 Å². The maximum Gasteiger partial charge on any atom is 0.251 e. The van der Waals surface area contributed by atoms with Gasteiger partial charge in [-0.05, 0) is 49.9 Å². The third-order valence-electron chi connectivity index (χ3n) is 3.10. The van der Waals surface area contributed by atoms with Gasteiger partial charge in [0, 0.05) is 20.9 Å². The van der Waals surface area contributed by atoms with E-state index in [-0.39, 0.29) is 5.91 Å². The molecule has 0 unspecified atom stereocenters. The van der Waals surface area contributed by atoms with E-state index in [0.717, 1.165) is 35.7 Å². The third-order valence-corrected chi connectivity index (χ3v) is 4.54. The largest absolute Gasteiger partial charge is 0.349 e. The smallest absolute Gasteiger partial charge is 0.251 e. The van der Waals surface area contributed by atoms with Crippen molar-refractivity contribution in [1.82, 2.24) is 5.32 Å². The Hall–Kier alpha value is -0.350. The molecule has 1 N–H and O–H groups in total. The first kappa shape index (κ1) is 13.1. The number of alkyl halides is 1. The Kier molecular flexibility index (Phi) is 4.62. The molecule has 1 aromatic carbocycles. The average Bonchev–Trinajstić information content (AvgIpc) is 2.33. The monoisotopic (exact) mass is 359 g/mol. The number of hydrogen-bond acceptors (Lipinski definition) is 1. The second kappa shape index (κ2) is 6.01. The highest BCUT2D eigenvalue weighted by Gasteiger charge is 2.20. The minimum atomic E-state index is 0.0375. The fraction of sp³-hybridized carbons (Fsp3) is 0.462. The van der Waals surface area contributed by atoms with Crippen LogP contribution >= 0.6 is 31.9 Å². The number of amides is 1. The number of rotatable bonds is 2. The molecule has 17 heavy (non-hydrogen) atoms. The lowest BCUT2D eigenvalue weighted by atomic mass is 9.95. The SMILES string of the molecule is O=C(NC1CCC(Br)CC1)c1ccc(Br)cc1. The highest BCUT2D eigenvalue weighted by atomic mass is 79.9. The molecular weight excluding hydrogens is 346 g/mol. The summed E-state index contributed by atoms with van der Waals surface area (Å²) in [5.74, 6) is 0.0375. The lowest BCUT2D eigenvalue weighted by Crippen LogP contribution is -2.37. The maximum atomic E-state index is 12.0. The van der Waals surface area contributed by atoms with E-state index < -0.39 is 0 Å². The standard InChI is InChI=1S/C13H15Br2NO/c14-10-3-1-9(2-4-10)13(17)16-12-7-5-11(15)6-8-12/h1-4,11-12H,5-8H2,(H,16,17). The fourth-order valence-corrected chi connectivity index (χ4v) is 2.86. The molecular formula is C13H15Br2NO. The highest BCUT2D eigenvalue weighted by Crippen LogP contribution is 2.24. The summed E-state index contributed by atoms with van der Waals surface area (Å²) in [4.78, 5) is 12.6. The summed E-state index contributed by atoms with van der Waals surface area (Å²) < 4.78 is 0.994. The zero-order chi connectivity index (χ0) is 12.3. The third kappa shape index (κ3) is 3.81. The molecule has 4 heteroatoms. The van der Waals surface area contributed by atoms with E-state index in [0.29, 0.717) is 10.9 Å². The Morgan fingerprint density at radius 1 is 1.12 bits per heavy atom. The lowest BCUT2D eigenvalue weighted by molar-refractivity contribution is 0.0928. The summed E-state index contributed by atoms with van der Waals surface area (Å²) in [6.07, 6.45) is 4.42. The average molecular weight is 361 g/mol. The van der Waals surface area contributed by atoms with Crippen LogP contribution in [-0.4, -0.2) is 16.8 Å². The van der Waals surface area contributed by atoms with Crippen molar-refractivity contribution in [1.29, 1.82) is 0 Å². The second-order valence-electron chi connectivity index (χ2n) is 4.43. The molecule has 0 saturated heterocycles. The molecule has 1 aliphatic carbocycles. The molecule has 0 spiro atoms. The van der Waals surface area contributed by atoms with Crippen molar-refractivity contribution in [2.75, 3.05) is 0 Å². The molecule has 2 nitrogen and oxygen atoms in total. The number of hydrogen-bond donors (Lipinski definition) is 1. The van der Waals surface area contributed by atoms with Crippen molar-refractivity contribution in [3.8, 4) is 0 Å². The Morgan fingerprint density at radius 2 is 1.71 bits per heavy atom. The van der Waals surface area contributed by atoms with Gasteiger partial charge in [0.15, 0.2) is 0 Å². The zero-order valence-electron chi connectivity index (χ0n) is 9.46. The van der Waals surface area contributed by atoms with E-state index in [4.69, 9.17) is 0 Å². The predicted molar refractivity (Wildman–Crippen MR) is 76.6 cm³/mol. The van der Waals surface area contributed by atoms with E-state index in [9.17, 15) is 4.79 Å². The number of benzene rings is 1. The van der Waals surface area contributed by atoms with Gasteiger partial charge in [-0.2, -0.15) is 0 Å². The second-order valence-corrected chi connectivity index (χ2v) is 6.64. The molecule has 1 saturated carbocycles. The van der Waals surface area contributed by atoms with Crippen molar-refractivity contribution in [2.45, 2.75) is 36.6 Å². The molecule has 0 radical (unpaired) electrons. The van der Waals surface area contributed by atoms with Gasteiger partial charge in [0.1, 0.15) is 0 Å². The predicted octanol–water partition coefficient (Wildman–Crippen LogP) is 3.89. The first-order valence-corrected chi connectivity index (χ1v) is 7.56. The fourth-order valence-electron chi connectivity index (χ4n) is 2.07. The minimum Gasteiger partial charge on any atom is -0.349 e. The Bertz CT molecular complexity index is 383. The van der Waals surface area contributed by atoms with E-state index in [1.807, 2.05) is 24.3 Å². The number of nitrogens with one attached hydrogen (secondary N) is 1. The first-order valence-electron chi connectivity index (χ1n) is 5.85. The molecule has 0 heterocycles. The summed E-state index contributed by atoms with van der Waals surface area (Å²) in [5.41, 5.74) is 0.731. The summed E-state index contributed by atoms with van der Waals surface area (Å²) in [6.45, 7) is 0. The van der Waals surface area contributed by atoms with Gasteiger partial charge in [-0.3, -0.25) is 4.79 Å². The van der Waals surface area contributed by atoms with Crippen LogP contribution < -0.4 is 5.32 Å². The normalized spacial score (nSPS) is 24.4. The molecule has 92 valence electrons. The van der Waals surface area contributed by atoms with Crippen LogP contribution in [-0.2, 0) is 0 Å². The van der Waals surface area contributed by atoms with Gasteiger partial charge in [0.05, 0.1) is 0 Å². The van der Waals surface area contributed by atoms with Gasteiger partial charge in [-0.25, -0.2) is 0 Å². The van der Waals surface area contributed by atoms with Crippen molar-refractivity contribution in [2.24, 2.45) is 0 Å². The first-order chi connectivity index (χ1) is 8.15. The van der Waals surface area contributed by atoms with Crippen LogP contribution in [0.4, 0.5) is 0 Å². The summed E-state index contributed by atoms with van der Waals surface area (Å²) in [6, 6.07) is 7.81. The van der Waals surface area contributed by atoms with Crippen LogP contribution in [0.25, 0.3) is 0 Å². The van der Waals surface area contributed by atoms with Gasteiger partial charge in [-0.15, -0.1) is 0 Å². The quantitative estimate of drug-likeness (QED) is 0.796. The molecule has 1 amide bonds. The van der Waals surface area contributed by atoms with Gasteiger partial charge in [-0.1, -0.05) is 31.9 Å². The van der Waals surface area contributed by atoms with E-state index in [2.05, 4.69) is 37.2 Å². The maximum absolute atomic E-state index is 12.0. The number of halogens is 2.